The average Bonchev–Trinajstić information content (AvgIpc) is 2.17. The molecule has 0 aliphatic heterocycles. The van der Waals surface area contributed by atoms with Crippen LogP contribution < -0.4 is 15.8 Å². The van der Waals surface area contributed by atoms with Gasteiger partial charge in [-0.3, -0.25) is 4.98 Å². The molecule has 82 valence electrons. The Morgan fingerprint density at radius 3 is 3.00 bits per heavy atom. The molecular weight excluding hydrogens is 192 g/mol. The number of hydrogen-bond acceptors (Lipinski definition) is 5. The number of hydrogen-bond donors (Lipinski definition) is 2. The first-order valence-electron chi connectivity index (χ1n) is 5.25. The van der Waals surface area contributed by atoms with Crippen LogP contribution in [0.1, 0.15) is 19.8 Å². The van der Waals surface area contributed by atoms with Crippen molar-refractivity contribution in [1.82, 2.24) is 9.97 Å². The van der Waals surface area contributed by atoms with Crippen LogP contribution >= 0.6 is 0 Å². The number of rotatable bonds is 4. The molecule has 3 N–H and O–H groups in total. The van der Waals surface area contributed by atoms with Crippen molar-refractivity contribution in [3.05, 3.63) is 12.4 Å². The predicted molar refractivity (Wildman–Crippen MR) is 57.8 cm³/mol. The summed E-state index contributed by atoms with van der Waals surface area (Å²) in [5.41, 5.74) is 5.70. The minimum absolute atomic E-state index is 0.338. The van der Waals surface area contributed by atoms with E-state index in [2.05, 4.69) is 15.3 Å². The molecule has 0 atom stereocenters. The van der Waals surface area contributed by atoms with Crippen molar-refractivity contribution in [2.75, 3.05) is 11.9 Å². The van der Waals surface area contributed by atoms with Gasteiger partial charge in [0.15, 0.2) is 0 Å². The topological polar surface area (TPSA) is 73.1 Å². The summed E-state index contributed by atoms with van der Waals surface area (Å²) >= 11 is 0. The molecule has 1 fully saturated rings. The van der Waals surface area contributed by atoms with Crippen molar-refractivity contribution in [1.29, 1.82) is 0 Å². The molecular formula is C10H16N4O. The maximum Gasteiger partial charge on any atom is 0.234 e. The van der Waals surface area contributed by atoms with E-state index in [-0.39, 0.29) is 0 Å². The molecule has 1 saturated carbocycles. The fourth-order valence-electron chi connectivity index (χ4n) is 1.62. The Labute approximate surface area is 89.1 Å². The second-order valence-corrected chi connectivity index (χ2v) is 3.75. The lowest BCUT2D eigenvalue weighted by atomic mass is 9.88. The highest BCUT2D eigenvalue weighted by Crippen LogP contribution is 2.21. The smallest absolute Gasteiger partial charge is 0.234 e. The number of nitrogens with zero attached hydrogens (tertiary/aromatic N) is 2. The van der Waals surface area contributed by atoms with Gasteiger partial charge in [0.05, 0.1) is 19.0 Å². The second kappa shape index (κ2) is 4.44. The van der Waals surface area contributed by atoms with Gasteiger partial charge >= 0.3 is 0 Å². The van der Waals surface area contributed by atoms with Crippen LogP contribution in [0.2, 0.25) is 0 Å². The summed E-state index contributed by atoms with van der Waals surface area (Å²) in [5, 5.41) is 3.27. The van der Waals surface area contributed by atoms with Crippen LogP contribution in [0.25, 0.3) is 0 Å². The maximum atomic E-state index is 5.70. The third kappa shape index (κ3) is 2.56. The van der Waals surface area contributed by atoms with Gasteiger partial charge in [0.2, 0.25) is 5.88 Å². The lowest BCUT2D eigenvalue weighted by Gasteiger charge is -2.33. The van der Waals surface area contributed by atoms with E-state index in [1.54, 1.807) is 12.4 Å². The molecule has 1 heterocycles. The minimum atomic E-state index is 0.338. The van der Waals surface area contributed by atoms with Gasteiger partial charge in [-0.25, -0.2) is 0 Å². The van der Waals surface area contributed by atoms with Crippen LogP contribution in [0.15, 0.2) is 12.4 Å². The molecule has 0 amide bonds. The zero-order valence-corrected chi connectivity index (χ0v) is 8.81. The Morgan fingerprint density at radius 2 is 2.33 bits per heavy atom. The maximum absolute atomic E-state index is 5.70. The molecule has 1 aliphatic carbocycles. The van der Waals surface area contributed by atoms with Gasteiger partial charge in [-0.15, -0.1) is 0 Å². The number of nitrogens with two attached hydrogens (primary N) is 1. The molecule has 0 bridgehead atoms. The third-order valence-electron chi connectivity index (χ3n) is 2.43. The van der Waals surface area contributed by atoms with Crippen LogP contribution in [-0.4, -0.2) is 28.7 Å². The predicted octanol–water partition coefficient (Wildman–Crippen LogP) is 0.777. The van der Waals surface area contributed by atoms with Gasteiger partial charge < -0.3 is 15.8 Å². The van der Waals surface area contributed by atoms with Crippen molar-refractivity contribution in [2.45, 2.75) is 31.8 Å². The summed E-state index contributed by atoms with van der Waals surface area (Å²) < 4.78 is 5.26. The molecule has 1 aromatic heterocycles. The Kier molecular flexibility index (Phi) is 3.01. The van der Waals surface area contributed by atoms with E-state index in [0.717, 1.165) is 18.7 Å². The standard InChI is InChI=1S/C10H16N4O/c1-2-15-10-6-12-5-9(14-10)13-8-3-7(11)4-8/h5-8H,2-4,11H2,1H3,(H,13,14). The van der Waals surface area contributed by atoms with Gasteiger partial charge in [0, 0.05) is 12.1 Å². The van der Waals surface area contributed by atoms with Gasteiger partial charge in [-0.1, -0.05) is 0 Å². The van der Waals surface area contributed by atoms with E-state index >= 15 is 0 Å². The van der Waals surface area contributed by atoms with E-state index in [9.17, 15) is 0 Å². The Balaban J connectivity index is 1.93. The second-order valence-electron chi connectivity index (χ2n) is 3.75. The summed E-state index contributed by atoms with van der Waals surface area (Å²) in [6.07, 6.45) is 5.31. The van der Waals surface area contributed by atoms with Gasteiger partial charge in [0.25, 0.3) is 0 Å². The molecule has 0 saturated heterocycles. The first-order chi connectivity index (χ1) is 7.28. The normalized spacial score (nSPS) is 24.4. The van der Waals surface area contributed by atoms with Gasteiger partial charge in [0.1, 0.15) is 5.82 Å². The fourth-order valence-corrected chi connectivity index (χ4v) is 1.62. The van der Waals surface area contributed by atoms with Crippen LogP contribution in [-0.2, 0) is 0 Å². The first-order valence-corrected chi connectivity index (χ1v) is 5.25. The quantitative estimate of drug-likeness (QED) is 0.764. The molecule has 5 heteroatoms. The van der Waals surface area contributed by atoms with Gasteiger partial charge in [-0.2, -0.15) is 4.98 Å². The number of aromatic nitrogens is 2. The first kappa shape index (κ1) is 10.2. The summed E-state index contributed by atoms with van der Waals surface area (Å²) in [6.45, 7) is 2.53. The van der Waals surface area contributed by atoms with Crippen LogP contribution in [0.5, 0.6) is 5.88 Å². The number of anilines is 1. The highest BCUT2D eigenvalue weighted by Gasteiger charge is 2.25. The average molecular weight is 208 g/mol. The van der Waals surface area contributed by atoms with Crippen molar-refractivity contribution in [3.63, 3.8) is 0 Å². The Morgan fingerprint density at radius 1 is 1.53 bits per heavy atom. The lowest BCUT2D eigenvalue weighted by molar-refractivity contribution is 0.325. The Bertz CT molecular complexity index is 325. The largest absolute Gasteiger partial charge is 0.477 e. The van der Waals surface area contributed by atoms with Crippen molar-refractivity contribution >= 4 is 5.82 Å². The summed E-state index contributed by atoms with van der Waals surface area (Å²) in [4.78, 5) is 8.33. The van der Waals surface area contributed by atoms with E-state index in [0.29, 0.717) is 24.6 Å². The summed E-state index contributed by atoms with van der Waals surface area (Å²) in [5.74, 6) is 1.32. The van der Waals surface area contributed by atoms with Gasteiger partial charge in [-0.05, 0) is 19.8 Å². The summed E-state index contributed by atoms with van der Waals surface area (Å²) in [7, 11) is 0. The van der Waals surface area contributed by atoms with E-state index in [4.69, 9.17) is 10.5 Å². The number of ether oxygens (including phenoxy) is 1. The van der Waals surface area contributed by atoms with Crippen LogP contribution in [0.4, 0.5) is 5.82 Å². The number of nitrogens with one attached hydrogen (secondary N) is 1. The van der Waals surface area contributed by atoms with Crippen LogP contribution in [0.3, 0.4) is 0 Å². The molecule has 5 nitrogen and oxygen atoms in total. The van der Waals surface area contributed by atoms with Crippen molar-refractivity contribution in [3.8, 4) is 5.88 Å². The van der Waals surface area contributed by atoms with Crippen molar-refractivity contribution in [2.24, 2.45) is 5.73 Å². The third-order valence-corrected chi connectivity index (χ3v) is 2.43. The Hall–Kier alpha value is -1.36. The molecule has 0 spiro atoms. The molecule has 0 unspecified atom stereocenters. The van der Waals surface area contributed by atoms with E-state index in [1.165, 1.54) is 0 Å². The highest BCUT2D eigenvalue weighted by atomic mass is 16.5. The SMILES string of the molecule is CCOc1cncc(NC2CC(N)C2)n1. The molecule has 1 aromatic rings. The van der Waals surface area contributed by atoms with E-state index in [1.807, 2.05) is 6.92 Å². The molecule has 15 heavy (non-hydrogen) atoms. The van der Waals surface area contributed by atoms with E-state index < -0.39 is 0 Å². The zero-order chi connectivity index (χ0) is 10.7. The lowest BCUT2D eigenvalue weighted by Crippen LogP contribution is -2.44. The highest BCUT2D eigenvalue weighted by molar-refractivity contribution is 5.35. The molecule has 0 radical (unpaired) electrons. The summed E-state index contributed by atoms with van der Waals surface area (Å²) in [6, 6.07) is 0.775. The monoisotopic (exact) mass is 208 g/mol. The minimum Gasteiger partial charge on any atom is -0.477 e. The zero-order valence-electron chi connectivity index (χ0n) is 8.81. The molecule has 1 aliphatic rings. The molecule has 2 rings (SSSR count). The molecule has 0 aromatic carbocycles. The van der Waals surface area contributed by atoms with Crippen molar-refractivity contribution < 1.29 is 4.74 Å². The fraction of sp³-hybridized carbons (Fsp3) is 0.600. The van der Waals surface area contributed by atoms with Crippen LogP contribution in [0, 0.1) is 0 Å².